The number of ether oxygens (including phenoxy) is 2. The summed E-state index contributed by atoms with van der Waals surface area (Å²) in [5.74, 6) is -0.593. The molecule has 0 fully saturated rings. The number of allylic oxidation sites excluding steroid dienone is 2. The van der Waals surface area contributed by atoms with E-state index in [-0.39, 0.29) is 18.3 Å². The van der Waals surface area contributed by atoms with Crippen LogP contribution in [0.4, 0.5) is 5.69 Å². The van der Waals surface area contributed by atoms with Crippen molar-refractivity contribution in [3.63, 3.8) is 0 Å². The molecule has 1 atom stereocenters. The number of carbonyl (C=O) groups excluding carboxylic acids is 2. The van der Waals surface area contributed by atoms with E-state index in [1.165, 1.54) is 17.8 Å². The van der Waals surface area contributed by atoms with Crippen molar-refractivity contribution in [1.82, 2.24) is 5.32 Å². The number of esters is 1. The van der Waals surface area contributed by atoms with E-state index in [9.17, 15) is 14.9 Å². The summed E-state index contributed by atoms with van der Waals surface area (Å²) in [5, 5.41) is 16.5. The lowest BCUT2D eigenvalue weighted by Gasteiger charge is -2.29. The zero-order valence-corrected chi connectivity index (χ0v) is 19.8. The highest BCUT2D eigenvalue weighted by Gasteiger charge is 2.35. The summed E-state index contributed by atoms with van der Waals surface area (Å²) in [6.07, 6.45) is 1.49. The number of thioether (sulfide) groups is 1. The summed E-state index contributed by atoms with van der Waals surface area (Å²) in [6.45, 7) is 5.40. The van der Waals surface area contributed by atoms with Gasteiger partial charge in [-0.25, -0.2) is 4.79 Å². The quantitative estimate of drug-likeness (QED) is 0.407. The molecule has 1 amide bonds. The molecule has 1 heterocycles. The molecule has 3 rings (SSSR count). The third-order valence-corrected chi connectivity index (χ3v) is 6.07. The second-order valence-electron chi connectivity index (χ2n) is 7.31. The number of methoxy groups -OCH3 is 1. The molecule has 34 heavy (non-hydrogen) atoms. The second-order valence-corrected chi connectivity index (χ2v) is 8.30. The van der Waals surface area contributed by atoms with Crippen molar-refractivity contribution in [2.75, 3.05) is 24.8 Å². The fourth-order valence-corrected chi connectivity index (χ4v) is 4.39. The van der Waals surface area contributed by atoms with E-state index in [0.29, 0.717) is 33.3 Å². The van der Waals surface area contributed by atoms with Crippen LogP contribution in [0.3, 0.4) is 0 Å². The lowest BCUT2D eigenvalue weighted by Crippen LogP contribution is -2.29. The Bertz CT molecular complexity index is 1160. The topological polar surface area (TPSA) is 100 Å². The number of carbonyl (C=O) groups is 2. The molecule has 1 unspecified atom stereocenters. The van der Waals surface area contributed by atoms with Crippen LogP contribution in [-0.4, -0.2) is 31.3 Å². The molecule has 0 saturated heterocycles. The minimum Gasteiger partial charge on any atom is -0.497 e. The number of amides is 1. The number of hydrogen-bond acceptors (Lipinski definition) is 7. The van der Waals surface area contributed by atoms with E-state index < -0.39 is 11.9 Å². The Balaban J connectivity index is 1.84. The summed E-state index contributed by atoms with van der Waals surface area (Å²) < 4.78 is 10.4. The molecule has 8 heteroatoms. The van der Waals surface area contributed by atoms with Crippen LogP contribution < -0.4 is 15.4 Å². The highest BCUT2D eigenvalue weighted by molar-refractivity contribution is 8.03. The van der Waals surface area contributed by atoms with Crippen molar-refractivity contribution in [3.05, 3.63) is 94.7 Å². The van der Waals surface area contributed by atoms with E-state index in [1.54, 1.807) is 38.3 Å². The first-order valence-electron chi connectivity index (χ1n) is 10.5. The molecule has 0 aromatic heterocycles. The lowest BCUT2D eigenvalue weighted by atomic mass is 9.82. The predicted octanol–water partition coefficient (Wildman–Crippen LogP) is 4.49. The van der Waals surface area contributed by atoms with Crippen LogP contribution >= 0.6 is 11.8 Å². The van der Waals surface area contributed by atoms with Crippen LogP contribution in [0.25, 0.3) is 0 Å². The number of nitrogens with zero attached hydrogens (tertiary/aromatic N) is 1. The number of hydrogen-bond donors (Lipinski definition) is 2. The van der Waals surface area contributed by atoms with Crippen molar-refractivity contribution in [3.8, 4) is 11.8 Å². The predicted molar refractivity (Wildman–Crippen MR) is 133 cm³/mol. The smallest absolute Gasteiger partial charge is 0.337 e. The van der Waals surface area contributed by atoms with E-state index >= 15 is 0 Å². The van der Waals surface area contributed by atoms with Crippen LogP contribution in [-0.2, 0) is 14.3 Å². The van der Waals surface area contributed by atoms with Gasteiger partial charge in [-0.1, -0.05) is 54.7 Å². The molecule has 0 aliphatic carbocycles. The summed E-state index contributed by atoms with van der Waals surface area (Å²) in [7, 11) is 1.58. The molecule has 2 N–H and O–H groups in total. The number of anilines is 1. The number of dihydropyridines is 1. The maximum absolute atomic E-state index is 12.9. The fraction of sp³-hybridized carbons (Fsp3) is 0.192. The Morgan fingerprint density at radius 2 is 1.91 bits per heavy atom. The number of benzene rings is 2. The minimum atomic E-state index is -0.614. The Hall–Kier alpha value is -3.96. The Morgan fingerprint density at radius 3 is 2.53 bits per heavy atom. The average Bonchev–Trinajstić information content (AvgIpc) is 2.86. The minimum absolute atomic E-state index is 0.0653. The summed E-state index contributed by atoms with van der Waals surface area (Å²) >= 11 is 1.21. The molecule has 0 bridgehead atoms. The van der Waals surface area contributed by atoms with Crippen molar-refractivity contribution < 1.29 is 19.1 Å². The van der Waals surface area contributed by atoms with Crippen molar-refractivity contribution in [1.29, 1.82) is 5.26 Å². The maximum Gasteiger partial charge on any atom is 0.337 e. The molecule has 1 aliphatic rings. The highest BCUT2D eigenvalue weighted by atomic mass is 32.2. The standard InChI is InChI=1S/C26H25N3O4S/c1-4-14-33-26(31)23-17(2)28-25(21(15-27)24(23)18-8-6-5-7-9-18)34-16-22(30)29-19-10-12-20(32-3)13-11-19/h4-13,24,28H,1,14,16H2,2-3H3,(H,29,30). The van der Waals surface area contributed by atoms with Gasteiger partial charge in [-0.15, -0.1) is 0 Å². The summed E-state index contributed by atoms with van der Waals surface area (Å²) in [5.41, 5.74) is 2.70. The molecule has 2 aromatic rings. The monoisotopic (exact) mass is 475 g/mol. The number of nitrogens with one attached hydrogen (secondary N) is 2. The molecule has 174 valence electrons. The van der Waals surface area contributed by atoms with Gasteiger partial charge in [-0.05, 0) is 36.8 Å². The third-order valence-electron chi connectivity index (χ3n) is 5.05. The molecule has 1 aliphatic heterocycles. The van der Waals surface area contributed by atoms with Gasteiger partial charge in [-0.2, -0.15) is 5.26 Å². The van der Waals surface area contributed by atoms with Gasteiger partial charge in [0.05, 0.1) is 41.0 Å². The maximum atomic E-state index is 12.9. The normalized spacial score (nSPS) is 15.1. The Labute approximate surface area is 203 Å². The van der Waals surface area contributed by atoms with Gasteiger partial charge in [-0.3, -0.25) is 4.79 Å². The second kappa shape index (κ2) is 11.8. The molecular weight excluding hydrogens is 450 g/mol. The zero-order valence-electron chi connectivity index (χ0n) is 19.0. The number of nitriles is 1. The van der Waals surface area contributed by atoms with Crippen LogP contribution in [0.5, 0.6) is 5.75 Å². The van der Waals surface area contributed by atoms with Crippen LogP contribution in [0.15, 0.2) is 89.1 Å². The Kier molecular flexibility index (Phi) is 8.54. The summed E-state index contributed by atoms with van der Waals surface area (Å²) in [4.78, 5) is 25.4. The third kappa shape index (κ3) is 5.88. The van der Waals surface area contributed by atoms with Crippen LogP contribution in [0.2, 0.25) is 0 Å². The van der Waals surface area contributed by atoms with Crippen molar-refractivity contribution >= 4 is 29.3 Å². The number of rotatable bonds is 9. The van der Waals surface area contributed by atoms with Gasteiger partial charge in [0.1, 0.15) is 12.4 Å². The Morgan fingerprint density at radius 1 is 1.21 bits per heavy atom. The van der Waals surface area contributed by atoms with Gasteiger partial charge < -0.3 is 20.1 Å². The van der Waals surface area contributed by atoms with E-state index in [2.05, 4.69) is 23.3 Å². The summed E-state index contributed by atoms with van der Waals surface area (Å²) in [6, 6.07) is 18.5. The first kappa shape index (κ1) is 24.7. The van der Waals surface area contributed by atoms with Crippen LogP contribution in [0.1, 0.15) is 18.4 Å². The molecule has 0 saturated carbocycles. The van der Waals surface area contributed by atoms with Crippen LogP contribution in [0, 0.1) is 11.3 Å². The molecular formula is C26H25N3O4S. The molecule has 2 aromatic carbocycles. The average molecular weight is 476 g/mol. The lowest BCUT2D eigenvalue weighted by molar-refractivity contribution is -0.138. The first-order chi connectivity index (χ1) is 16.5. The van der Waals surface area contributed by atoms with Crippen molar-refractivity contribution in [2.24, 2.45) is 0 Å². The molecule has 0 radical (unpaired) electrons. The molecule has 7 nitrogen and oxygen atoms in total. The first-order valence-corrected chi connectivity index (χ1v) is 11.5. The zero-order chi connectivity index (χ0) is 24.5. The van der Waals surface area contributed by atoms with Gasteiger partial charge in [0, 0.05) is 11.4 Å². The van der Waals surface area contributed by atoms with E-state index in [0.717, 1.165) is 5.56 Å². The van der Waals surface area contributed by atoms with Gasteiger partial charge in [0.2, 0.25) is 5.91 Å². The SMILES string of the molecule is C=CCOC(=O)C1=C(C)NC(SCC(=O)Nc2ccc(OC)cc2)=C(C#N)C1c1ccccc1. The van der Waals surface area contributed by atoms with E-state index in [1.807, 2.05) is 30.3 Å². The molecule has 0 spiro atoms. The van der Waals surface area contributed by atoms with Crippen molar-refractivity contribution in [2.45, 2.75) is 12.8 Å². The van der Waals surface area contributed by atoms with Gasteiger partial charge in [0.15, 0.2) is 0 Å². The largest absolute Gasteiger partial charge is 0.497 e. The van der Waals surface area contributed by atoms with E-state index in [4.69, 9.17) is 9.47 Å². The van der Waals surface area contributed by atoms with Gasteiger partial charge in [0.25, 0.3) is 0 Å². The highest BCUT2D eigenvalue weighted by Crippen LogP contribution is 2.40. The van der Waals surface area contributed by atoms with Gasteiger partial charge >= 0.3 is 5.97 Å². The fourth-order valence-electron chi connectivity index (χ4n) is 3.50.